The van der Waals surface area contributed by atoms with Gasteiger partial charge < -0.3 is 20.5 Å². The van der Waals surface area contributed by atoms with Crippen LogP contribution in [0.4, 0.5) is 11.4 Å². The summed E-state index contributed by atoms with van der Waals surface area (Å²) in [5.74, 6) is -0.111. The number of nitrogens with two attached hydrogens (primary N) is 1. The van der Waals surface area contributed by atoms with Gasteiger partial charge in [0.2, 0.25) is 5.91 Å². The quantitative estimate of drug-likeness (QED) is 0.594. The molecule has 5 heteroatoms. The first kappa shape index (κ1) is 16.5. The van der Waals surface area contributed by atoms with Crippen molar-refractivity contribution in [2.75, 3.05) is 30.9 Å². The van der Waals surface area contributed by atoms with E-state index in [2.05, 4.69) is 5.32 Å². The summed E-state index contributed by atoms with van der Waals surface area (Å²) >= 11 is 0. The largest absolute Gasteiger partial charge is 0.397 e. The van der Waals surface area contributed by atoms with Crippen LogP contribution < -0.4 is 11.1 Å². The highest BCUT2D eigenvalue weighted by Gasteiger charge is 2.09. The lowest BCUT2D eigenvalue weighted by Crippen LogP contribution is -2.22. The highest BCUT2D eigenvalue weighted by atomic mass is 16.5. The van der Waals surface area contributed by atoms with Gasteiger partial charge in [-0.2, -0.15) is 0 Å². The maximum atomic E-state index is 11.7. The van der Waals surface area contributed by atoms with E-state index in [1.54, 1.807) is 12.1 Å². The van der Waals surface area contributed by atoms with Crippen molar-refractivity contribution in [3.05, 3.63) is 24.3 Å². The van der Waals surface area contributed by atoms with E-state index in [9.17, 15) is 4.79 Å². The molecule has 0 bridgehead atoms. The second-order valence-electron chi connectivity index (χ2n) is 5.46. The maximum Gasteiger partial charge on any atom is 0.226 e. The molecule has 0 fully saturated rings. The van der Waals surface area contributed by atoms with E-state index in [-0.39, 0.29) is 11.5 Å². The molecule has 0 aliphatic carbocycles. The minimum atomic E-state index is -0.161. The first-order valence-electron chi connectivity index (χ1n) is 6.74. The van der Waals surface area contributed by atoms with Crippen LogP contribution in [-0.4, -0.2) is 31.3 Å². The van der Waals surface area contributed by atoms with E-state index in [4.69, 9.17) is 15.2 Å². The fraction of sp³-hybridized carbons (Fsp3) is 0.533. The van der Waals surface area contributed by atoms with Crippen molar-refractivity contribution in [2.45, 2.75) is 32.8 Å². The second kappa shape index (κ2) is 7.87. The summed E-state index contributed by atoms with van der Waals surface area (Å²) < 4.78 is 10.9. The maximum absolute atomic E-state index is 11.7. The van der Waals surface area contributed by atoms with Crippen molar-refractivity contribution in [3.63, 3.8) is 0 Å². The van der Waals surface area contributed by atoms with Crippen molar-refractivity contribution in [2.24, 2.45) is 0 Å². The zero-order chi connectivity index (χ0) is 15.0. The van der Waals surface area contributed by atoms with Gasteiger partial charge in [-0.15, -0.1) is 0 Å². The minimum Gasteiger partial charge on any atom is -0.397 e. The number of benzene rings is 1. The van der Waals surface area contributed by atoms with E-state index >= 15 is 0 Å². The molecule has 1 aromatic carbocycles. The lowest BCUT2D eigenvalue weighted by molar-refractivity contribution is -0.117. The highest BCUT2D eigenvalue weighted by Crippen LogP contribution is 2.16. The van der Waals surface area contributed by atoms with Crippen LogP contribution in [0.5, 0.6) is 0 Å². The van der Waals surface area contributed by atoms with Crippen LogP contribution in [-0.2, 0) is 14.3 Å². The van der Waals surface area contributed by atoms with Gasteiger partial charge in [-0.05, 0) is 32.9 Å². The van der Waals surface area contributed by atoms with Gasteiger partial charge in [0.15, 0.2) is 0 Å². The van der Waals surface area contributed by atoms with Gasteiger partial charge in [0.25, 0.3) is 0 Å². The van der Waals surface area contributed by atoms with Crippen LogP contribution in [0.1, 0.15) is 27.2 Å². The van der Waals surface area contributed by atoms with Gasteiger partial charge in [-0.25, -0.2) is 0 Å². The monoisotopic (exact) mass is 280 g/mol. The summed E-state index contributed by atoms with van der Waals surface area (Å²) in [6.45, 7) is 7.35. The Kier molecular flexibility index (Phi) is 6.48. The Balaban J connectivity index is 2.14. The van der Waals surface area contributed by atoms with E-state index in [0.717, 1.165) is 0 Å². The second-order valence-corrected chi connectivity index (χ2v) is 5.46. The van der Waals surface area contributed by atoms with E-state index in [1.165, 1.54) is 0 Å². The molecule has 3 N–H and O–H groups in total. The standard InChI is InChI=1S/C15H24N2O3/c1-15(2,3)20-11-10-19-9-8-14(18)17-13-7-5-4-6-12(13)16/h4-7H,8-11,16H2,1-3H3,(H,17,18). The van der Waals surface area contributed by atoms with Crippen LogP contribution in [0.2, 0.25) is 0 Å². The van der Waals surface area contributed by atoms with Gasteiger partial charge in [-0.1, -0.05) is 12.1 Å². The molecule has 0 aliphatic rings. The topological polar surface area (TPSA) is 73.6 Å². The molecule has 0 saturated heterocycles. The number of carbonyl (C=O) groups excluding carboxylic acids is 1. The Morgan fingerprint density at radius 2 is 1.90 bits per heavy atom. The number of anilines is 2. The molecule has 0 spiro atoms. The molecule has 1 rings (SSSR count). The summed E-state index contributed by atoms with van der Waals surface area (Å²) in [5.41, 5.74) is 6.77. The average Bonchev–Trinajstić information content (AvgIpc) is 2.35. The van der Waals surface area contributed by atoms with E-state index in [1.807, 2.05) is 32.9 Å². The van der Waals surface area contributed by atoms with Crippen molar-refractivity contribution >= 4 is 17.3 Å². The number of hydrogen-bond donors (Lipinski definition) is 2. The third-order valence-corrected chi connectivity index (χ3v) is 2.47. The molecule has 0 aromatic heterocycles. The van der Waals surface area contributed by atoms with Gasteiger partial charge in [0, 0.05) is 0 Å². The predicted octanol–water partition coefficient (Wildman–Crippen LogP) is 2.43. The molecule has 1 aromatic rings. The van der Waals surface area contributed by atoms with Gasteiger partial charge in [0.1, 0.15) is 0 Å². The molecule has 0 saturated carbocycles. The lowest BCUT2D eigenvalue weighted by atomic mass is 10.2. The number of carbonyl (C=O) groups is 1. The summed E-state index contributed by atoms with van der Waals surface area (Å²) in [4.78, 5) is 11.7. The number of amides is 1. The molecule has 0 radical (unpaired) electrons. The Hall–Kier alpha value is -1.59. The zero-order valence-electron chi connectivity index (χ0n) is 12.4. The van der Waals surface area contributed by atoms with Crippen molar-refractivity contribution < 1.29 is 14.3 Å². The summed E-state index contributed by atoms with van der Waals surface area (Å²) in [5, 5.41) is 2.75. The highest BCUT2D eigenvalue weighted by molar-refractivity contribution is 5.93. The van der Waals surface area contributed by atoms with Gasteiger partial charge in [0.05, 0.1) is 43.2 Å². The van der Waals surface area contributed by atoms with Crippen LogP contribution in [0.3, 0.4) is 0 Å². The Labute approximate surface area is 120 Å². The summed E-state index contributed by atoms with van der Waals surface area (Å²) in [6, 6.07) is 7.16. The third kappa shape index (κ3) is 7.11. The van der Waals surface area contributed by atoms with Crippen molar-refractivity contribution in [3.8, 4) is 0 Å². The molecule has 5 nitrogen and oxygen atoms in total. The van der Waals surface area contributed by atoms with E-state index < -0.39 is 0 Å². The summed E-state index contributed by atoms with van der Waals surface area (Å²) in [6.07, 6.45) is 0.295. The van der Waals surface area contributed by atoms with Crippen LogP contribution in [0, 0.1) is 0 Å². The van der Waals surface area contributed by atoms with Crippen LogP contribution >= 0.6 is 0 Å². The molecule has 0 atom stereocenters. The van der Waals surface area contributed by atoms with Crippen LogP contribution in [0.15, 0.2) is 24.3 Å². The molecule has 112 valence electrons. The molecule has 0 unspecified atom stereocenters. The number of hydrogen-bond acceptors (Lipinski definition) is 4. The molecular weight excluding hydrogens is 256 g/mol. The third-order valence-electron chi connectivity index (χ3n) is 2.47. The average molecular weight is 280 g/mol. The molecular formula is C15H24N2O3. The fourth-order valence-corrected chi connectivity index (χ4v) is 1.50. The molecule has 1 amide bonds. The number of ether oxygens (including phenoxy) is 2. The number of para-hydroxylation sites is 2. The van der Waals surface area contributed by atoms with Crippen LogP contribution in [0.25, 0.3) is 0 Å². The molecule has 20 heavy (non-hydrogen) atoms. The van der Waals surface area contributed by atoms with E-state index in [0.29, 0.717) is 37.6 Å². The predicted molar refractivity (Wildman–Crippen MR) is 80.6 cm³/mol. The smallest absolute Gasteiger partial charge is 0.226 e. The van der Waals surface area contributed by atoms with Crippen molar-refractivity contribution in [1.82, 2.24) is 0 Å². The number of nitrogens with one attached hydrogen (secondary N) is 1. The lowest BCUT2D eigenvalue weighted by Gasteiger charge is -2.19. The minimum absolute atomic E-state index is 0.111. The fourth-order valence-electron chi connectivity index (χ4n) is 1.50. The molecule has 0 heterocycles. The Morgan fingerprint density at radius 1 is 1.20 bits per heavy atom. The SMILES string of the molecule is CC(C)(C)OCCOCCC(=O)Nc1ccccc1N. The number of rotatable bonds is 7. The normalized spacial score (nSPS) is 11.3. The zero-order valence-corrected chi connectivity index (χ0v) is 12.4. The molecule has 0 aliphatic heterocycles. The first-order chi connectivity index (χ1) is 9.38. The van der Waals surface area contributed by atoms with Gasteiger partial charge >= 0.3 is 0 Å². The summed E-state index contributed by atoms with van der Waals surface area (Å²) in [7, 11) is 0. The first-order valence-corrected chi connectivity index (χ1v) is 6.74. The number of nitrogen functional groups attached to an aromatic ring is 1. The Bertz CT molecular complexity index is 427. The Morgan fingerprint density at radius 3 is 2.55 bits per heavy atom. The van der Waals surface area contributed by atoms with Crippen molar-refractivity contribution in [1.29, 1.82) is 0 Å². The van der Waals surface area contributed by atoms with Gasteiger partial charge in [-0.3, -0.25) is 4.79 Å².